The topological polar surface area (TPSA) is 58.4 Å². The Morgan fingerprint density at radius 1 is 0.870 bits per heavy atom. The number of hydrogen-bond acceptors (Lipinski definition) is 3. The molecular weight excluding hydrogens is 292 g/mol. The Kier molecular flexibility index (Phi) is 10.7. The first-order chi connectivity index (χ1) is 10.5. The third-order valence-corrected chi connectivity index (χ3v) is 3.76. The largest absolute Gasteiger partial charge is 0.346 e. The lowest BCUT2D eigenvalue weighted by molar-refractivity contribution is -0.129. The number of carbonyl (C=O) groups is 2. The molecule has 23 heavy (non-hydrogen) atoms. The molecule has 2 amide bonds. The molecule has 0 bridgehead atoms. The number of likely N-dealkylation sites (tertiary alicyclic amines) is 2. The van der Waals surface area contributed by atoms with Crippen LogP contribution in [0.25, 0.3) is 0 Å². The number of aromatic nitrogens is 2. The maximum atomic E-state index is 10.9. The molecule has 0 radical (unpaired) electrons. The van der Waals surface area contributed by atoms with E-state index >= 15 is 0 Å². The summed E-state index contributed by atoms with van der Waals surface area (Å²) >= 11 is 0. The summed E-state index contributed by atoms with van der Waals surface area (Å²) in [6.45, 7) is 1.91. The lowest BCUT2D eigenvalue weighted by atomic mass is 10.2. The maximum Gasteiger partial charge on any atom is 0.222 e. The highest BCUT2D eigenvalue weighted by molar-refractivity contribution is 5.77. The van der Waals surface area contributed by atoms with Gasteiger partial charge in [0, 0.05) is 59.5 Å². The fourth-order valence-corrected chi connectivity index (χ4v) is 2.23. The van der Waals surface area contributed by atoms with Crippen molar-refractivity contribution in [1.82, 2.24) is 19.4 Å². The van der Waals surface area contributed by atoms with Gasteiger partial charge in [0.25, 0.3) is 0 Å². The minimum atomic E-state index is 0. The van der Waals surface area contributed by atoms with Gasteiger partial charge in [-0.15, -0.1) is 0 Å². The number of hydrogen-bond donors (Lipinski definition) is 0. The molecule has 2 saturated heterocycles. The van der Waals surface area contributed by atoms with Crippen LogP contribution in [0.3, 0.4) is 0 Å². The lowest BCUT2D eigenvalue weighted by Gasteiger charge is -2.11. The predicted octanol–water partition coefficient (Wildman–Crippen LogP) is 2.31. The minimum Gasteiger partial charge on any atom is -0.346 e. The number of imidazole rings is 1. The van der Waals surface area contributed by atoms with Crippen molar-refractivity contribution in [2.45, 2.75) is 46.0 Å². The summed E-state index contributed by atoms with van der Waals surface area (Å²) in [4.78, 5) is 28.8. The highest BCUT2D eigenvalue weighted by atomic mass is 16.2. The van der Waals surface area contributed by atoms with Crippen LogP contribution in [-0.2, 0) is 16.6 Å². The summed E-state index contributed by atoms with van der Waals surface area (Å²) < 4.78 is 1.89. The van der Waals surface area contributed by atoms with Crippen molar-refractivity contribution in [1.29, 1.82) is 0 Å². The van der Waals surface area contributed by atoms with Gasteiger partial charge in [-0.25, -0.2) is 4.98 Å². The zero-order chi connectivity index (χ0) is 16.4. The fourth-order valence-electron chi connectivity index (χ4n) is 2.23. The molecule has 0 unspecified atom stereocenters. The van der Waals surface area contributed by atoms with Gasteiger partial charge in [-0.1, -0.05) is 13.8 Å². The predicted molar refractivity (Wildman–Crippen MR) is 92.9 cm³/mol. The second-order valence-corrected chi connectivity index (χ2v) is 5.77. The second-order valence-electron chi connectivity index (χ2n) is 5.77. The van der Waals surface area contributed by atoms with Gasteiger partial charge in [-0.2, -0.15) is 0 Å². The molecule has 0 N–H and O–H groups in total. The van der Waals surface area contributed by atoms with Crippen LogP contribution in [0.15, 0.2) is 18.7 Å². The maximum absolute atomic E-state index is 10.9. The van der Waals surface area contributed by atoms with Gasteiger partial charge in [0.2, 0.25) is 11.8 Å². The van der Waals surface area contributed by atoms with E-state index < -0.39 is 0 Å². The van der Waals surface area contributed by atoms with Crippen molar-refractivity contribution >= 4 is 11.8 Å². The molecule has 3 rings (SSSR count). The average Bonchev–Trinajstić information content (AvgIpc) is 3.07. The molecule has 2 aliphatic rings. The van der Waals surface area contributed by atoms with Crippen LogP contribution >= 0.6 is 0 Å². The zero-order valence-corrected chi connectivity index (χ0v) is 14.0. The number of amides is 2. The molecule has 3 heterocycles. The van der Waals surface area contributed by atoms with Crippen molar-refractivity contribution in [3.63, 3.8) is 0 Å². The smallest absolute Gasteiger partial charge is 0.222 e. The van der Waals surface area contributed by atoms with Crippen LogP contribution in [0.2, 0.25) is 0 Å². The molecule has 2 fully saturated rings. The summed E-state index contributed by atoms with van der Waals surface area (Å²) in [6, 6.07) is 0. The molecule has 1 aromatic heterocycles. The molecule has 0 saturated carbocycles. The van der Waals surface area contributed by atoms with Crippen LogP contribution in [-0.4, -0.2) is 58.4 Å². The average molecular weight is 324 g/mol. The molecule has 6 heteroatoms. The van der Waals surface area contributed by atoms with Crippen molar-refractivity contribution in [2.75, 3.05) is 27.2 Å². The van der Waals surface area contributed by atoms with E-state index in [0.29, 0.717) is 11.8 Å². The first-order valence-corrected chi connectivity index (χ1v) is 7.90. The summed E-state index contributed by atoms with van der Waals surface area (Å²) in [6.07, 6.45) is 11.4. The highest BCUT2D eigenvalue weighted by Crippen LogP contribution is 2.08. The third-order valence-electron chi connectivity index (χ3n) is 3.76. The van der Waals surface area contributed by atoms with Crippen LogP contribution in [0.5, 0.6) is 0 Å². The number of aryl methyl sites for hydroxylation is 1. The SMILES string of the molecule is C.CN1CCCC1=O.CN1CCCCCC1=O.Cn1ccnc1. The Morgan fingerprint density at radius 3 is 1.83 bits per heavy atom. The molecule has 132 valence electrons. The van der Waals surface area contributed by atoms with Gasteiger partial charge in [0.05, 0.1) is 6.33 Å². The summed E-state index contributed by atoms with van der Waals surface area (Å²) in [5.74, 6) is 0.604. The van der Waals surface area contributed by atoms with E-state index in [0.717, 1.165) is 38.8 Å². The van der Waals surface area contributed by atoms with Gasteiger partial charge in [0.1, 0.15) is 0 Å². The molecule has 2 aliphatic heterocycles. The number of nitrogens with zero attached hydrogens (tertiary/aromatic N) is 4. The lowest BCUT2D eigenvalue weighted by Crippen LogP contribution is -2.25. The van der Waals surface area contributed by atoms with Crippen LogP contribution < -0.4 is 0 Å². The molecule has 6 nitrogen and oxygen atoms in total. The normalized spacial score (nSPS) is 17.3. The van der Waals surface area contributed by atoms with Crippen LogP contribution in [0.1, 0.15) is 46.0 Å². The Hall–Kier alpha value is -1.85. The summed E-state index contributed by atoms with van der Waals surface area (Å²) in [5.41, 5.74) is 0. The first kappa shape index (κ1) is 21.1. The zero-order valence-electron chi connectivity index (χ0n) is 14.0. The van der Waals surface area contributed by atoms with Gasteiger partial charge in [0.15, 0.2) is 0 Å². The van der Waals surface area contributed by atoms with Gasteiger partial charge in [-0.3, -0.25) is 9.59 Å². The quantitative estimate of drug-likeness (QED) is 0.736. The van der Waals surface area contributed by atoms with E-state index in [2.05, 4.69) is 4.98 Å². The number of carbonyl (C=O) groups excluding carboxylic acids is 2. The minimum absolute atomic E-state index is 0. The monoisotopic (exact) mass is 324 g/mol. The third kappa shape index (κ3) is 9.01. The first-order valence-electron chi connectivity index (χ1n) is 7.90. The molecule has 1 aromatic rings. The molecule has 0 spiro atoms. The Bertz CT molecular complexity index is 445. The summed E-state index contributed by atoms with van der Waals surface area (Å²) in [7, 11) is 5.66. The fraction of sp³-hybridized carbons (Fsp3) is 0.706. The van der Waals surface area contributed by atoms with E-state index in [-0.39, 0.29) is 7.43 Å². The number of rotatable bonds is 0. The second kappa shape index (κ2) is 11.7. The van der Waals surface area contributed by atoms with E-state index in [9.17, 15) is 9.59 Å². The van der Waals surface area contributed by atoms with E-state index in [1.807, 2.05) is 36.8 Å². The molecule has 0 aliphatic carbocycles. The Balaban J connectivity index is 0.000000315. The van der Waals surface area contributed by atoms with Crippen LogP contribution in [0.4, 0.5) is 0 Å². The standard InChI is InChI=1S/C7H13NO.C5H9NO.C4H6N2.CH4/c1-8-6-4-2-3-5-7(8)9;1-6-4-2-3-5(6)7;1-6-3-2-5-4-6;/h2-6H2,1H3;2-4H2,1H3;2-4H,1H3;1H4. The van der Waals surface area contributed by atoms with Gasteiger partial charge >= 0.3 is 0 Å². The Labute approximate surface area is 140 Å². The Morgan fingerprint density at radius 2 is 1.43 bits per heavy atom. The molecule has 0 aromatic carbocycles. The molecular formula is C17H32N4O2. The van der Waals surface area contributed by atoms with Crippen molar-refractivity contribution < 1.29 is 9.59 Å². The van der Waals surface area contributed by atoms with E-state index in [1.54, 1.807) is 17.4 Å². The molecule has 0 atom stereocenters. The van der Waals surface area contributed by atoms with Crippen molar-refractivity contribution in [3.8, 4) is 0 Å². The van der Waals surface area contributed by atoms with E-state index in [4.69, 9.17) is 0 Å². The van der Waals surface area contributed by atoms with Crippen molar-refractivity contribution in [2.24, 2.45) is 7.05 Å². The summed E-state index contributed by atoms with van der Waals surface area (Å²) in [5, 5.41) is 0. The van der Waals surface area contributed by atoms with Crippen molar-refractivity contribution in [3.05, 3.63) is 18.7 Å². The highest BCUT2D eigenvalue weighted by Gasteiger charge is 2.14. The van der Waals surface area contributed by atoms with E-state index in [1.165, 1.54) is 12.8 Å². The van der Waals surface area contributed by atoms with Crippen LogP contribution in [0, 0.1) is 0 Å². The van der Waals surface area contributed by atoms with Gasteiger partial charge in [-0.05, 0) is 19.3 Å². The van der Waals surface area contributed by atoms with Gasteiger partial charge < -0.3 is 14.4 Å².